The Labute approximate surface area is 100.0 Å². The highest BCUT2D eigenvalue weighted by Crippen LogP contribution is 2.31. The van der Waals surface area contributed by atoms with E-state index in [2.05, 4.69) is 22.8 Å². The molecule has 0 radical (unpaired) electrons. The highest BCUT2D eigenvalue weighted by atomic mass is 16.5. The molecule has 3 heteroatoms. The molecule has 0 saturated carbocycles. The lowest BCUT2D eigenvalue weighted by Crippen LogP contribution is -2.19. The number of benzene rings is 1. The number of hydrogen-bond donors (Lipinski definition) is 0. The number of ketones is 1. The summed E-state index contributed by atoms with van der Waals surface area (Å²) in [6.45, 7) is 0.548. The summed E-state index contributed by atoms with van der Waals surface area (Å²) < 4.78 is 7.81. The Hall–Kier alpha value is -1.61. The fourth-order valence-corrected chi connectivity index (χ4v) is 2.49. The zero-order valence-electron chi connectivity index (χ0n) is 9.85. The van der Waals surface area contributed by atoms with E-state index in [-0.39, 0.29) is 6.10 Å². The fourth-order valence-electron chi connectivity index (χ4n) is 2.49. The number of carbonyl (C=O) groups excluding carboxylic acids is 1. The summed E-state index contributed by atoms with van der Waals surface area (Å²) in [6, 6.07) is 8.27. The normalized spacial score (nSPS) is 21.0. The van der Waals surface area contributed by atoms with Crippen LogP contribution in [0.25, 0.3) is 10.9 Å². The highest BCUT2D eigenvalue weighted by Gasteiger charge is 2.23. The van der Waals surface area contributed by atoms with Crippen molar-refractivity contribution in [2.75, 3.05) is 6.61 Å². The molecule has 17 heavy (non-hydrogen) atoms. The Morgan fingerprint density at radius 1 is 1.35 bits per heavy atom. The lowest BCUT2D eigenvalue weighted by molar-refractivity contribution is -0.128. The minimum Gasteiger partial charge on any atom is -0.373 e. The molecule has 0 spiro atoms. The maximum Gasteiger partial charge on any atom is 0.138 e. The molecule has 0 bridgehead atoms. The van der Waals surface area contributed by atoms with Gasteiger partial charge in [-0.1, -0.05) is 12.1 Å². The third-order valence-corrected chi connectivity index (χ3v) is 3.42. The minimum absolute atomic E-state index is 0.0673. The summed E-state index contributed by atoms with van der Waals surface area (Å²) in [5.74, 6) is 0.300. The van der Waals surface area contributed by atoms with Crippen LogP contribution in [0.5, 0.6) is 0 Å². The SMILES string of the molecule is Cn1ccc2c(C3CC(=O)CCO3)cccc21. The molecule has 2 heterocycles. The maximum absolute atomic E-state index is 11.5. The first kappa shape index (κ1) is 10.5. The molecule has 0 amide bonds. The lowest BCUT2D eigenvalue weighted by atomic mass is 9.98. The zero-order chi connectivity index (χ0) is 11.8. The Balaban J connectivity index is 2.07. The largest absolute Gasteiger partial charge is 0.373 e. The number of rotatable bonds is 1. The van der Waals surface area contributed by atoms with Crippen LogP contribution in [0.2, 0.25) is 0 Å². The van der Waals surface area contributed by atoms with Crippen LogP contribution in [0.15, 0.2) is 30.5 Å². The molecule has 1 aliphatic rings. The van der Waals surface area contributed by atoms with Crippen molar-refractivity contribution in [3.05, 3.63) is 36.0 Å². The number of Topliss-reactive ketones (excluding diaryl/α,β-unsaturated/α-hetero) is 1. The van der Waals surface area contributed by atoms with E-state index in [9.17, 15) is 4.79 Å². The summed E-state index contributed by atoms with van der Waals surface area (Å²) in [5.41, 5.74) is 2.32. The van der Waals surface area contributed by atoms with Crippen molar-refractivity contribution < 1.29 is 9.53 Å². The maximum atomic E-state index is 11.5. The summed E-state index contributed by atoms with van der Waals surface area (Å²) in [6.07, 6.45) is 3.04. The quantitative estimate of drug-likeness (QED) is 0.752. The molecule has 0 N–H and O–H groups in total. The van der Waals surface area contributed by atoms with Crippen LogP contribution in [0.4, 0.5) is 0 Å². The van der Waals surface area contributed by atoms with E-state index in [4.69, 9.17) is 4.74 Å². The van der Waals surface area contributed by atoms with Gasteiger partial charge in [0.2, 0.25) is 0 Å². The van der Waals surface area contributed by atoms with Gasteiger partial charge in [0.1, 0.15) is 5.78 Å². The van der Waals surface area contributed by atoms with Crippen LogP contribution in [0.3, 0.4) is 0 Å². The van der Waals surface area contributed by atoms with Crippen molar-refractivity contribution >= 4 is 16.7 Å². The van der Waals surface area contributed by atoms with Crippen molar-refractivity contribution in [2.24, 2.45) is 7.05 Å². The van der Waals surface area contributed by atoms with Crippen LogP contribution in [-0.4, -0.2) is 17.0 Å². The first-order valence-electron chi connectivity index (χ1n) is 5.93. The Morgan fingerprint density at radius 2 is 2.24 bits per heavy atom. The molecule has 1 aromatic heterocycles. The third-order valence-electron chi connectivity index (χ3n) is 3.42. The molecule has 1 atom stereocenters. The average Bonchev–Trinajstić information content (AvgIpc) is 2.71. The predicted molar refractivity (Wildman–Crippen MR) is 65.9 cm³/mol. The van der Waals surface area contributed by atoms with Crippen molar-refractivity contribution in [3.63, 3.8) is 0 Å². The summed E-state index contributed by atoms with van der Waals surface area (Å²) in [5, 5.41) is 1.19. The summed E-state index contributed by atoms with van der Waals surface area (Å²) in [7, 11) is 2.03. The van der Waals surface area contributed by atoms with E-state index < -0.39 is 0 Å². The topological polar surface area (TPSA) is 31.2 Å². The van der Waals surface area contributed by atoms with E-state index in [1.165, 1.54) is 10.9 Å². The molecule has 1 aliphatic heterocycles. The summed E-state index contributed by atoms with van der Waals surface area (Å²) >= 11 is 0. The number of carbonyl (C=O) groups is 1. The molecule has 0 aliphatic carbocycles. The van der Waals surface area contributed by atoms with Gasteiger partial charge in [-0.15, -0.1) is 0 Å². The van der Waals surface area contributed by atoms with Gasteiger partial charge < -0.3 is 9.30 Å². The second-order valence-electron chi connectivity index (χ2n) is 4.56. The predicted octanol–water partition coefficient (Wildman–Crippen LogP) is 2.60. The summed E-state index contributed by atoms with van der Waals surface area (Å²) in [4.78, 5) is 11.5. The van der Waals surface area contributed by atoms with E-state index in [0.29, 0.717) is 25.2 Å². The molecule has 1 fully saturated rings. The Kier molecular flexibility index (Phi) is 2.48. The van der Waals surface area contributed by atoms with E-state index in [0.717, 1.165) is 5.56 Å². The van der Waals surface area contributed by atoms with E-state index >= 15 is 0 Å². The molecule has 1 saturated heterocycles. The van der Waals surface area contributed by atoms with Crippen LogP contribution in [0.1, 0.15) is 24.5 Å². The molecule has 1 unspecified atom stereocenters. The van der Waals surface area contributed by atoms with Gasteiger partial charge in [0.05, 0.1) is 12.7 Å². The van der Waals surface area contributed by atoms with Gasteiger partial charge in [0.25, 0.3) is 0 Å². The zero-order valence-corrected chi connectivity index (χ0v) is 9.85. The van der Waals surface area contributed by atoms with Gasteiger partial charge in [-0.2, -0.15) is 0 Å². The average molecular weight is 229 g/mol. The van der Waals surface area contributed by atoms with Crippen molar-refractivity contribution in [1.29, 1.82) is 0 Å². The van der Waals surface area contributed by atoms with Crippen LogP contribution >= 0.6 is 0 Å². The minimum atomic E-state index is -0.0673. The Bertz CT molecular complexity index is 571. The van der Waals surface area contributed by atoms with E-state index in [1.54, 1.807) is 0 Å². The Morgan fingerprint density at radius 3 is 3.06 bits per heavy atom. The first-order valence-corrected chi connectivity index (χ1v) is 5.93. The second-order valence-corrected chi connectivity index (χ2v) is 4.56. The standard InChI is InChI=1S/C14H15NO2/c1-15-7-5-11-12(3-2-4-13(11)15)14-9-10(16)6-8-17-14/h2-5,7,14H,6,8-9H2,1H3. The van der Waals surface area contributed by atoms with Crippen molar-refractivity contribution in [2.45, 2.75) is 18.9 Å². The number of nitrogens with zero attached hydrogens (tertiary/aromatic N) is 1. The van der Waals surface area contributed by atoms with Crippen LogP contribution in [-0.2, 0) is 16.6 Å². The van der Waals surface area contributed by atoms with Gasteiger partial charge in [0, 0.05) is 37.0 Å². The highest BCUT2D eigenvalue weighted by molar-refractivity contribution is 5.86. The monoisotopic (exact) mass is 229 g/mol. The number of ether oxygens (including phenoxy) is 1. The third kappa shape index (κ3) is 1.76. The van der Waals surface area contributed by atoms with Crippen LogP contribution in [0, 0.1) is 0 Å². The van der Waals surface area contributed by atoms with Crippen molar-refractivity contribution in [3.8, 4) is 0 Å². The van der Waals surface area contributed by atoms with Gasteiger partial charge in [-0.3, -0.25) is 4.79 Å². The molecule has 2 aromatic rings. The number of aromatic nitrogens is 1. The number of hydrogen-bond acceptors (Lipinski definition) is 2. The molecule has 3 nitrogen and oxygen atoms in total. The van der Waals surface area contributed by atoms with Crippen molar-refractivity contribution in [1.82, 2.24) is 4.57 Å². The van der Waals surface area contributed by atoms with Gasteiger partial charge in [-0.05, 0) is 17.7 Å². The van der Waals surface area contributed by atoms with E-state index in [1.807, 2.05) is 19.3 Å². The molecule has 88 valence electrons. The molecular formula is C14H15NO2. The van der Waals surface area contributed by atoms with Gasteiger partial charge >= 0.3 is 0 Å². The van der Waals surface area contributed by atoms with Gasteiger partial charge in [0.15, 0.2) is 0 Å². The number of aryl methyl sites for hydroxylation is 1. The van der Waals surface area contributed by atoms with Crippen LogP contribution < -0.4 is 0 Å². The van der Waals surface area contributed by atoms with Gasteiger partial charge in [-0.25, -0.2) is 0 Å². The molecular weight excluding hydrogens is 214 g/mol. The number of fused-ring (bicyclic) bond motifs is 1. The molecule has 1 aromatic carbocycles. The lowest BCUT2D eigenvalue weighted by Gasteiger charge is -2.22. The first-order chi connectivity index (χ1) is 8.25. The molecule has 3 rings (SSSR count). The second kappa shape index (κ2) is 4.00. The smallest absolute Gasteiger partial charge is 0.138 e. The fraction of sp³-hybridized carbons (Fsp3) is 0.357.